The van der Waals surface area contributed by atoms with Gasteiger partial charge in [-0.2, -0.15) is 0 Å². The second kappa shape index (κ2) is 5.00. The van der Waals surface area contributed by atoms with Crippen molar-refractivity contribution < 1.29 is 13.9 Å². The molecule has 2 aromatic rings. The minimum atomic E-state index is -0.348. The lowest BCUT2D eigenvalue weighted by molar-refractivity contribution is 0.0527. The van der Waals surface area contributed by atoms with Crippen molar-refractivity contribution in [3.05, 3.63) is 34.0 Å². The van der Waals surface area contributed by atoms with E-state index in [0.717, 1.165) is 21.0 Å². The van der Waals surface area contributed by atoms with Crippen molar-refractivity contribution in [3.8, 4) is 0 Å². The molecule has 3 nitrogen and oxygen atoms in total. The van der Waals surface area contributed by atoms with Crippen LogP contribution < -0.4 is 0 Å². The summed E-state index contributed by atoms with van der Waals surface area (Å²) in [7, 11) is 0. The maximum absolute atomic E-state index is 11.9. The molecule has 0 saturated heterocycles. The van der Waals surface area contributed by atoms with E-state index in [4.69, 9.17) is 9.15 Å². The van der Waals surface area contributed by atoms with Gasteiger partial charge in [0.25, 0.3) is 0 Å². The Labute approximate surface area is 121 Å². The van der Waals surface area contributed by atoms with Crippen molar-refractivity contribution in [2.75, 3.05) is 6.61 Å². The quantitative estimate of drug-likeness (QED) is 0.753. The first-order valence-corrected chi connectivity index (χ1v) is 7.02. The summed E-state index contributed by atoms with van der Waals surface area (Å²) in [5.41, 5.74) is 2.22. The lowest BCUT2D eigenvalue weighted by Crippen LogP contribution is -2.11. The molecule has 0 atom stereocenters. The maximum Gasteiger partial charge on any atom is 0.342 e. The number of hydrogen-bond donors (Lipinski definition) is 0. The standard InChI is InChI=1S/C15H17BrO3/c1-5-18-14(17)11-8-19-13-10(11)6-9(16)7-12(13)15(2,3)4/h6-8H,5H2,1-4H3. The van der Waals surface area contributed by atoms with Crippen LogP contribution in [-0.2, 0) is 10.2 Å². The molecule has 0 aliphatic heterocycles. The van der Waals surface area contributed by atoms with Crippen molar-refractivity contribution in [2.45, 2.75) is 33.1 Å². The van der Waals surface area contributed by atoms with Crippen LogP contribution in [0, 0.1) is 0 Å². The van der Waals surface area contributed by atoms with Crippen LogP contribution in [0.5, 0.6) is 0 Å². The fourth-order valence-corrected chi connectivity index (χ4v) is 2.48. The average Bonchev–Trinajstić information content (AvgIpc) is 2.70. The van der Waals surface area contributed by atoms with Gasteiger partial charge in [0.1, 0.15) is 17.4 Å². The van der Waals surface area contributed by atoms with Crippen LogP contribution in [0.3, 0.4) is 0 Å². The Balaban J connectivity index is 2.67. The number of hydrogen-bond acceptors (Lipinski definition) is 3. The number of halogens is 1. The molecule has 19 heavy (non-hydrogen) atoms. The van der Waals surface area contributed by atoms with Crippen LogP contribution >= 0.6 is 15.9 Å². The number of fused-ring (bicyclic) bond motifs is 1. The predicted molar refractivity (Wildman–Crippen MR) is 78.6 cm³/mol. The van der Waals surface area contributed by atoms with Crippen LogP contribution in [0.4, 0.5) is 0 Å². The van der Waals surface area contributed by atoms with E-state index in [1.54, 1.807) is 6.92 Å². The van der Waals surface area contributed by atoms with Crippen molar-refractivity contribution in [1.29, 1.82) is 0 Å². The van der Waals surface area contributed by atoms with Crippen molar-refractivity contribution >= 4 is 32.9 Å². The van der Waals surface area contributed by atoms with E-state index in [0.29, 0.717) is 12.2 Å². The summed E-state index contributed by atoms with van der Waals surface area (Å²) in [5, 5.41) is 0.790. The molecular weight excluding hydrogens is 308 g/mol. The topological polar surface area (TPSA) is 39.4 Å². The number of ether oxygens (including phenoxy) is 1. The highest BCUT2D eigenvalue weighted by Gasteiger charge is 2.23. The summed E-state index contributed by atoms with van der Waals surface area (Å²) in [6.45, 7) is 8.48. The second-order valence-electron chi connectivity index (χ2n) is 5.45. The molecule has 0 amide bonds. The Bertz CT molecular complexity index is 620. The highest BCUT2D eigenvalue weighted by molar-refractivity contribution is 9.10. The van der Waals surface area contributed by atoms with Crippen molar-refractivity contribution in [3.63, 3.8) is 0 Å². The van der Waals surface area contributed by atoms with Gasteiger partial charge in [0.05, 0.1) is 6.61 Å². The number of esters is 1. The highest BCUT2D eigenvalue weighted by atomic mass is 79.9. The van der Waals surface area contributed by atoms with Gasteiger partial charge in [-0.3, -0.25) is 0 Å². The van der Waals surface area contributed by atoms with Crippen LogP contribution in [-0.4, -0.2) is 12.6 Å². The van der Waals surface area contributed by atoms with Crippen LogP contribution in [0.25, 0.3) is 11.0 Å². The summed E-state index contributed by atoms with van der Waals surface area (Å²) in [5.74, 6) is -0.348. The zero-order valence-electron chi connectivity index (χ0n) is 11.5. The first-order chi connectivity index (χ1) is 8.84. The fraction of sp³-hybridized carbons (Fsp3) is 0.400. The number of carbonyl (C=O) groups excluding carboxylic acids is 1. The van der Waals surface area contributed by atoms with E-state index in [2.05, 4.69) is 36.7 Å². The molecular formula is C15H17BrO3. The Morgan fingerprint density at radius 3 is 2.63 bits per heavy atom. The van der Waals surface area contributed by atoms with Crippen LogP contribution in [0.2, 0.25) is 0 Å². The molecule has 0 N–H and O–H groups in total. The fourth-order valence-electron chi connectivity index (χ4n) is 2.03. The number of carbonyl (C=O) groups is 1. The van der Waals surface area contributed by atoms with Gasteiger partial charge in [-0.15, -0.1) is 0 Å². The number of benzene rings is 1. The molecule has 0 aliphatic carbocycles. The van der Waals surface area contributed by atoms with Crippen molar-refractivity contribution in [1.82, 2.24) is 0 Å². The van der Waals surface area contributed by atoms with Gasteiger partial charge in [-0.25, -0.2) is 4.79 Å². The van der Waals surface area contributed by atoms with E-state index in [1.807, 2.05) is 12.1 Å². The number of furan rings is 1. The summed E-state index contributed by atoms with van der Waals surface area (Å²) in [6, 6.07) is 3.92. The summed E-state index contributed by atoms with van der Waals surface area (Å²) in [6.07, 6.45) is 1.48. The van der Waals surface area contributed by atoms with Gasteiger partial charge < -0.3 is 9.15 Å². The van der Waals surface area contributed by atoms with E-state index >= 15 is 0 Å². The third-order valence-corrected chi connectivity index (χ3v) is 3.40. The minimum Gasteiger partial charge on any atom is -0.463 e. The zero-order chi connectivity index (χ0) is 14.2. The normalized spacial score (nSPS) is 11.8. The molecule has 102 valence electrons. The van der Waals surface area contributed by atoms with E-state index in [-0.39, 0.29) is 11.4 Å². The molecule has 1 aromatic carbocycles. The molecule has 1 heterocycles. The maximum atomic E-state index is 11.9. The van der Waals surface area contributed by atoms with Gasteiger partial charge in [0.2, 0.25) is 0 Å². The molecule has 0 radical (unpaired) electrons. The number of rotatable bonds is 2. The summed E-state index contributed by atoms with van der Waals surface area (Å²) in [4.78, 5) is 11.9. The lowest BCUT2D eigenvalue weighted by atomic mass is 9.86. The van der Waals surface area contributed by atoms with Crippen LogP contribution in [0.15, 0.2) is 27.3 Å². The van der Waals surface area contributed by atoms with Crippen LogP contribution in [0.1, 0.15) is 43.6 Å². The first kappa shape index (κ1) is 14.1. The molecule has 0 unspecified atom stereocenters. The van der Waals surface area contributed by atoms with Gasteiger partial charge in [-0.05, 0) is 24.5 Å². The second-order valence-corrected chi connectivity index (χ2v) is 6.37. The van der Waals surface area contributed by atoms with Gasteiger partial charge >= 0.3 is 5.97 Å². The van der Waals surface area contributed by atoms with Gasteiger partial charge in [0.15, 0.2) is 0 Å². The SMILES string of the molecule is CCOC(=O)c1coc2c(C(C)(C)C)cc(Br)cc12. The zero-order valence-corrected chi connectivity index (χ0v) is 13.1. The van der Waals surface area contributed by atoms with E-state index < -0.39 is 0 Å². The van der Waals surface area contributed by atoms with E-state index in [1.165, 1.54) is 6.26 Å². The largest absolute Gasteiger partial charge is 0.463 e. The molecule has 0 bridgehead atoms. The molecule has 2 rings (SSSR count). The third kappa shape index (κ3) is 2.68. The molecule has 0 spiro atoms. The molecule has 0 fully saturated rings. The Morgan fingerprint density at radius 2 is 2.05 bits per heavy atom. The predicted octanol–water partition coefficient (Wildman–Crippen LogP) is 4.67. The average molecular weight is 325 g/mol. The first-order valence-electron chi connectivity index (χ1n) is 6.23. The smallest absolute Gasteiger partial charge is 0.342 e. The summed E-state index contributed by atoms with van der Waals surface area (Å²) < 4.78 is 11.6. The van der Waals surface area contributed by atoms with Gasteiger partial charge in [0, 0.05) is 15.4 Å². The minimum absolute atomic E-state index is 0.0637. The molecule has 4 heteroatoms. The molecule has 1 aromatic heterocycles. The van der Waals surface area contributed by atoms with Crippen molar-refractivity contribution in [2.24, 2.45) is 0 Å². The molecule has 0 saturated carbocycles. The lowest BCUT2D eigenvalue weighted by Gasteiger charge is -2.19. The molecule has 0 aliphatic rings. The van der Waals surface area contributed by atoms with E-state index in [9.17, 15) is 4.79 Å². The Morgan fingerprint density at radius 1 is 1.37 bits per heavy atom. The van der Waals surface area contributed by atoms with Gasteiger partial charge in [-0.1, -0.05) is 36.7 Å². The third-order valence-electron chi connectivity index (χ3n) is 2.94. The monoisotopic (exact) mass is 324 g/mol. The Kier molecular flexibility index (Phi) is 3.72. The highest BCUT2D eigenvalue weighted by Crippen LogP contribution is 2.35. The summed E-state index contributed by atoms with van der Waals surface area (Å²) >= 11 is 3.49. The Hall–Kier alpha value is -1.29.